The number of aliphatic hydroxyl groups excluding tert-OH is 1. The minimum absolute atomic E-state index is 0.00810. The van der Waals surface area contributed by atoms with Crippen molar-refractivity contribution in [2.45, 2.75) is 45.8 Å². The maximum Gasteiger partial charge on any atom is 0.0730 e. The summed E-state index contributed by atoms with van der Waals surface area (Å²) in [5.41, 5.74) is 6.42. The van der Waals surface area contributed by atoms with Crippen molar-refractivity contribution in [3.8, 4) is 0 Å². The Morgan fingerprint density at radius 3 is 2.17 bits per heavy atom. The first-order valence-corrected chi connectivity index (χ1v) is 4.85. The topological polar surface area (TPSA) is 46.2 Å². The molecule has 0 radical (unpaired) electrons. The smallest absolute Gasteiger partial charge is 0.0730 e. The number of aliphatic hydroxyl groups is 1. The molecule has 0 aromatic rings. The monoisotopic (exact) mass is 169 g/mol. The van der Waals surface area contributed by atoms with Gasteiger partial charge >= 0.3 is 0 Å². The van der Waals surface area contributed by atoms with Gasteiger partial charge in [0.05, 0.1) is 6.10 Å². The molecule has 2 nitrogen and oxygen atoms in total. The molecule has 2 bridgehead atoms. The Bertz CT molecular complexity index is 214. The van der Waals surface area contributed by atoms with Gasteiger partial charge in [0.25, 0.3) is 0 Å². The molecular weight excluding hydrogens is 150 g/mol. The van der Waals surface area contributed by atoms with E-state index in [1.54, 1.807) is 0 Å². The van der Waals surface area contributed by atoms with Crippen LogP contribution < -0.4 is 5.73 Å². The lowest BCUT2D eigenvalue weighted by Gasteiger charge is -2.37. The van der Waals surface area contributed by atoms with Gasteiger partial charge in [-0.2, -0.15) is 0 Å². The molecule has 70 valence electrons. The summed E-state index contributed by atoms with van der Waals surface area (Å²) < 4.78 is 0. The van der Waals surface area contributed by atoms with Crippen molar-refractivity contribution in [3.63, 3.8) is 0 Å². The second kappa shape index (κ2) is 2.05. The van der Waals surface area contributed by atoms with Crippen molar-refractivity contribution >= 4 is 0 Å². The zero-order chi connectivity index (χ0) is 9.15. The largest absolute Gasteiger partial charge is 0.391 e. The van der Waals surface area contributed by atoms with Crippen LogP contribution >= 0.6 is 0 Å². The van der Waals surface area contributed by atoms with Gasteiger partial charge in [-0.3, -0.25) is 0 Å². The van der Waals surface area contributed by atoms with E-state index in [1.165, 1.54) is 6.42 Å². The van der Waals surface area contributed by atoms with Crippen LogP contribution in [0.4, 0.5) is 0 Å². The van der Waals surface area contributed by atoms with E-state index in [4.69, 9.17) is 5.73 Å². The van der Waals surface area contributed by atoms with Crippen LogP contribution in [0.2, 0.25) is 0 Å². The molecule has 0 amide bonds. The van der Waals surface area contributed by atoms with Crippen molar-refractivity contribution in [1.29, 1.82) is 0 Å². The molecular formula is C10H19NO. The normalized spacial score (nSPS) is 56.2. The molecule has 0 saturated heterocycles. The third-order valence-electron chi connectivity index (χ3n) is 4.89. The molecule has 0 heterocycles. The molecule has 2 fully saturated rings. The molecule has 12 heavy (non-hydrogen) atoms. The third kappa shape index (κ3) is 0.647. The second-order valence-electron chi connectivity index (χ2n) is 5.30. The SMILES string of the molecule is CC1(C)C2CCC1(C)[C@H](N)C2O. The average molecular weight is 169 g/mol. The summed E-state index contributed by atoms with van der Waals surface area (Å²) in [7, 11) is 0. The maximum absolute atomic E-state index is 9.86. The predicted molar refractivity (Wildman–Crippen MR) is 48.6 cm³/mol. The van der Waals surface area contributed by atoms with Gasteiger partial charge in [0, 0.05) is 6.04 Å². The number of nitrogens with two attached hydrogens (primary N) is 1. The Morgan fingerprint density at radius 2 is 1.92 bits per heavy atom. The fourth-order valence-corrected chi connectivity index (χ4v) is 3.38. The van der Waals surface area contributed by atoms with Crippen molar-refractivity contribution in [3.05, 3.63) is 0 Å². The third-order valence-corrected chi connectivity index (χ3v) is 4.89. The van der Waals surface area contributed by atoms with E-state index in [-0.39, 0.29) is 23.0 Å². The van der Waals surface area contributed by atoms with Crippen LogP contribution in [0.15, 0.2) is 0 Å². The lowest BCUT2D eigenvalue weighted by molar-refractivity contribution is 0.0758. The summed E-state index contributed by atoms with van der Waals surface area (Å²) in [6.45, 7) is 6.73. The van der Waals surface area contributed by atoms with Crippen LogP contribution in [0.3, 0.4) is 0 Å². The fourth-order valence-electron chi connectivity index (χ4n) is 3.38. The van der Waals surface area contributed by atoms with E-state index >= 15 is 0 Å². The van der Waals surface area contributed by atoms with E-state index in [2.05, 4.69) is 20.8 Å². The van der Waals surface area contributed by atoms with Crippen molar-refractivity contribution in [1.82, 2.24) is 0 Å². The van der Waals surface area contributed by atoms with E-state index in [0.717, 1.165) is 6.42 Å². The highest BCUT2D eigenvalue weighted by atomic mass is 16.3. The first kappa shape index (κ1) is 8.52. The highest BCUT2D eigenvalue weighted by Gasteiger charge is 2.64. The minimum atomic E-state index is -0.265. The van der Waals surface area contributed by atoms with Gasteiger partial charge in [-0.15, -0.1) is 0 Å². The number of hydrogen-bond acceptors (Lipinski definition) is 2. The van der Waals surface area contributed by atoms with E-state index in [0.29, 0.717) is 5.92 Å². The van der Waals surface area contributed by atoms with Crippen LogP contribution in [-0.4, -0.2) is 17.3 Å². The lowest BCUT2D eigenvalue weighted by atomic mass is 9.69. The molecule has 2 aliphatic carbocycles. The summed E-state index contributed by atoms with van der Waals surface area (Å²) >= 11 is 0. The Hall–Kier alpha value is -0.0800. The molecule has 4 atom stereocenters. The highest BCUT2D eigenvalue weighted by molar-refractivity contribution is 5.16. The first-order valence-electron chi connectivity index (χ1n) is 4.85. The molecule has 0 aromatic heterocycles. The molecule has 2 rings (SSSR count). The van der Waals surface area contributed by atoms with Crippen molar-refractivity contribution < 1.29 is 5.11 Å². The molecule has 2 aliphatic rings. The van der Waals surface area contributed by atoms with Crippen LogP contribution in [0.5, 0.6) is 0 Å². The Balaban J connectivity index is 2.44. The zero-order valence-corrected chi connectivity index (χ0v) is 8.17. The molecule has 0 aliphatic heterocycles. The highest BCUT2D eigenvalue weighted by Crippen LogP contribution is 2.64. The fraction of sp³-hybridized carbons (Fsp3) is 1.00. The summed E-state index contributed by atoms with van der Waals surface area (Å²) in [6.07, 6.45) is 2.07. The van der Waals surface area contributed by atoms with Gasteiger partial charge in [0.15, 0.2) is 0 Å². The summed E-state index contributed by atoms with van der Waals surface area (Å²) in [6, 6.07) is -0.00810. The van der Waals surface area contributed by atoms with E-state index in [9.17, 15) is 5.11 Å². The van der Waals surface area contributed by atoms with Crippen molar-refractivity contribution in [2.24, 2.45) is 22.5 Å². The van der Waals surface area contributed by atoms with Crippen LogP contribution in [0, 0.1) is 16.7 Å². The molecule has 0 aromatic carbocycles. The van der Waals surface area contributed by atoms with Gasteiger partial charge in [-0.05, 0) is 29.6 Å². The van der Waals surface area contributed by atoms with E-state index < -0.39 is 0 Å². The van der Waals surface area contributed by atoms with Gasteiger partial charge in [-0.25, -0.2) is 0 Å². The zero-order valence-electron chi connectivity index (χ0n) is 8.17. The summed E-state index contributed by atoms with van der Waals surface area (Å²) in [5, 5.41) is 9.86. The van der Waals surface area contributed by atoms with Crippen LogP contribution in [0.1, 0.15) is 33.6 Å². The number of rotatable bonds is 0. The molecule has 0 spiro atoms. The van der Waals surface area contributed by atoms with Crippen LogP contribution in [0.25, 0.3) is 0 Å². The number of fused-ring (bicyclic) bond motifs is 2. The predicted octanol–water partition coefficient (Wildman–Crippen LogP) is 1.13. The molecule has 3 N–H and O–H groups in total. The Kier molecular flexibility index (Phi) is 1.45. The van der Waals surface area contributed by atoms with Gasteiger partial charge in [0.2, 0.25) is 0 Å². The van der Waals surface area contributed by atoms with Crippen LogP contribution in [-0.2, 0) is 0 Å². The molecule has 2 saturated carbocycles. The maximum atomic E-state index is 9.86. The first-order chi connectivity index (χ1) is 5.41. The summed E-state index contributed by atoms with van der Waals surface area (Å²) in [5.74, 6) is 0.428. The van der Waals surface area contributed by atoms with Gasteiger partial charge < -0.3 is 10.8 Å². The Labute approximate surface area is 74.1 Å². The lowest BCUT2D eigenvalue weighted by Crippen LogP contribution is -2.46. The minimum Gasteiger partial charge on any atom is -0.391 e. The quantitative estimate of drug-likeness (QED) is 0.571. The van der Waals surface area contributed by atoms with Gasteiger partial charge in [0.1, 0.15) is 0 Å². The van der Waals surface area contributed by atoms with Crippen molar-refractivity contribution in [2.75, 3.05) is 0 Å². The van der Waals surface area contributed by atoms with Gasteiger partial charge in [-0.1, -0.05) is 20.8 Å². The standard InChI is InChI=1S/C10H19NO/c1-9(2)6-4-5-10(9,3)8(11)7(6)12/h6-8,12H,4-5,11H2,1-3H3/t6?,7?,8-,10?/m1/s1. The average Bonchev–Trinajstić information content (AvgIpc) is 2.26. The molecule has 3 unspecified atom stereocenters. The number of hydrogen-bond donors (Lipinski definition) is 2. The second-order valence-corrected chi connectivity index (χ2v) is 5.30. The molecule has 2 heteroatoms. The Morgan fingerprint density at radius 1 is 1.33 bits per heavy atom. The summed E-state index contributed by atoms with van der Waals surface area (Å²) in [4.78, 5) is 0. The van der Waals surface area contributed by atoms with E-state index in [1.807, 2.05) is 0 Å².